The van der Waals surface area contributed by atoms with E-state index in [2.05, 4.69) is 4.98 Å². The van der Waals surface area contributed by atoms with Crippen molar-refractivity contribution in [1.29, 1.82) is 0 Å². The fourth-order valence-corrected chi connectivity index (χ4v) is 3.20. The zero-order chi connectivity index (χ0) is 15.3. The highest BCUT2D eigenvalue weighted by atomic mass is 19.4. The van der Waals surface area contributed by atoms with Gasteiger partial charge in [0.05, 0.1) is 11.1 Å². The molecular formula is C14H16F3N3O. The molecule has 3 rings (SSSR count). The molecule has 114 valence electrons. The Balaban J connectivity index is 1.80. The average molecular weight is 299 g/mol. The number of pyridine rings is 1. The van der Waals surface area contributed by atoms with E-state index in [1.165, 1.54) is 6.20 Å². The minimum absolute atomic E-state index is 0.0231. The van der Waals surface area contributed by atoms with Gasteiger partial charge >= 0.3 is 6.18 Å². The number of likely N-dealkylation sites (tertiary alicyclic amines) is 1. The van der Waals surface area contributed by atoms with Crippen LogP contribution in [0.25, 0.3) is 0 Å². The lowest BCUT2D eigenvalue weighted by Gasteiger charge is -2.41. The number of nitrogens with zero attached hydrogens (tertiary/aromatic N) is 2. The van der Waals surface area contributed by atoms with Gasteiger partial charge in [-0.2, -0.15) is 13.2 Å². The van der Waals surface area contributed by atoms with Crippen molar-refractivity contribution in [3.63, 3.8) is 0 Å². The molecule has 1 aliphatic heterocycles. The Morgan fingerprint density at radius 3 is 2.62 bits per heavy atom. The van der Waals surface area contributed by atoms with Crippen LogP contribution in [0.2, 0.25) is 0 Å². The molecule has 1 spiro atoms. The van der Waals surface area contributed by atoms with E-state index in [1.807, 2.05) is 0 Å². The topological polar surface area (TPSA) is 59.2 Å². The van der Waals surface area contributed by atoms with Gasteiger partial charge in [-0.25, -0.2) is 0 Å². The molecule has 1 amide bonds. The number of rotatable bonds is 1. The summed E-state index contributed by atoms with van der Waals surface area (Å²) < 4.78 is 38.0. The summed E-state index contributed by atoms with van der Waals surface area (Å²) in [6, 6.07) is 0.765. The van der Waals surface area contributed by atoms with Gasteiger partial charge in [-0.05, 0) is 18.9 Å². The molecule has 1 unspecified atom stereocenters. The van der Waals surface area contributed by atoms with Crippen LogP contribution in [-0.2, 0) is 6.18 Å². The van der Waals surface area contributed by atoms with Crippen molar-refractivity contribution in [3.05, 3.63) is 29.6 Å². The molecule has 21 heavy (non-hydrogen) atoms. The highest BCUT2D eigenvalue weighted by Crippen LogP contribution is 2.47. The second-order valence-corrected chi connectivity index (χ2v) is 5.97. The first-order valence-electron chi connectivity index (χ1n) is 6.89. The second kappa shape index (κ2) is 4.69. The van der Waals surface area contributed by atoms with E-state index in [9.17, 15) is 18.0 Å². The first-order chi connectivity index (χ1) is 9.82. The quantitative estimate of drug-likeness (QED) is 0.863. The number of amides is 1. The van der Waals surface area contributed by atoms with E-state index in [1.54, 1.807) is 4.90 Å². The van der Waals surface area contributed by atoms with E-state index in [-0.39, 0.29) is 17.0 Å². The van der Waals surface area contributed by atoms with Gasteiger partial charge in [0.15, 0.2) is 0 Å². The summed E-state index contributed by atoms with van der Waals surface area (Å²) in [4.78, 5) is 17.5. The van der Waals surface area contributed by atoms with Crippen LogP contribution in [0.4, 0.5) is 13.2 Å². The van der Waals surface area contributed by atoms with Crippen LogP contribution in [0, 0.1) is 5.41 Å². The maximum Gasteiger partial charge on any atom is 0.417 e. The van der Waals surface area contributed by atoms with E-state index in [0.717, 1.165) is 31.5 Å². The molecule has 7 heteroatoms. The average Bonchev–Trinajstić information content (AvgIpc) is 2.75. The molecule has 2 aliphatic rings. The molecule has 2 N–H and O–H groups in total. The maximum absolute atomic E-state index is 12.7. The van der Waals surface area contributed by atoms with Crippen molar-refractivity contribution >= 4 is 5.91 Å². The van der Waals surface area contributed by atoms with Gasteiger partial charge < -0.3 is 10.6 Å². The third kappa shape index (κ3) is 2.39. The van der Waals surface area contributed by atoms with Gasteiger partial charge in [-0.1, -0.05) is 6.42 Å². The van der Waals surface area contributed by atoms with Crippen molar-refractivity contribution < 1.29 is 18.0 Å². The summed E-state index contributed by atoms with van der Waals surface area (Å²) in [5.41, 5.74) is 5.13. The van der Waals surface area contributed by atoms with E-state index in [4.69, 9.17) is 5.73 Å². The van der Waals surface area contributed by atoms with Crippen molar-refractivity contribution in [2.45, 2.75) is 31.5 Å². The van der Waals surface area contributed by atoms with Crippen molar-refractivity contribution in [2.75, 3.05) is 13.1 Å². The minimum Gasteiger partial charge on any atom is -0.336 e. The maximum atomic E-state index is 12.7. The smallest absolute Gasteiger partial charge is 0.336 e. The Labute approximate surface area is 120 Å². The first kappa shape index (κ1) is 14.3. The number of alkyl halides is 3. The summed E-state index contributed by atoms with van der Waals surface area (Å²) in [6.07, 6.45) is 0.465. The standard InChI is InChI=1S/C14H16F3N3O/c15-14(16,17)10-4-9(5-19-6-10)12(21)20-7-11(18)13(8-20)2-1-3-13/h4-6,11H,1-3,7-8,18H2. The van der Waals surface area contributed by atoms with Crippen LogP contribution in [0.1, 0.15) is 35.2 Å². The van der Waals surface area contributed by atoms with Gasteiger partial charge in [0.1, 0.15) is 0 Å². The number of aromatic nitrogens is 1. The fourth-order valence-electron chi connectivity index (χ4n) is 3.20. The fraction of sp³-hybridized carbons (Fsp3) is 0.571. The van der Waals surface area contributed by atoms with Crippen LogP contribution in [0.15, 0.2) is 18.5 Å². The molecular weight excluding hydrogens is 283 g/mol. The third-order valence-electron chi connectivity index (χ3n) is 4.66. The Bertz CT molecular complexity index is 569. The monoisotopic (exact) mass is 299 g/mol. The lowest BCUT2D eigenvalue weighted by Crippen LogP contribution is -2.45. The minimum atomic E-state index is -4.50. The molecule has 4 nitrogen and oxygen atoms in total. The van der Waals surface area contributed by atoms with Crippen molar-refractivity contribution in [2.24, 2.45) is 11.1 Å². The zero-order valence-corrected chi connectivity index (χ0v) is 11.4. The van der Waals surface area contributed by atoms with Gasteiger partial charge in [0, 0.05) is 36.9 Å². The molecule has 1 aromatic heterocycles. The molecule has 1 aromatic rings. The first-order valence-corrected chi connectivity index (χ1v) is 6.89. The largest absolute Gasteiger partial charge is 0.417 e. The molecule has 0 radical (unpaired) electrons. The van der Waals surface area contributed by atoms with E-state index in [0.29, 0.717) is 13.1 Å². The Morgan fingerprint density at radius 1 is 1.38 bits per heavy atom. The van der Waals surface area contributed by atoms with Crippen LogP contribution < -0.4 is 5.73 Å². The van der Waals surface area contributed by atoms with Crippen LogP contribution >= 0.6 is 0 Å². The summed E-state index contributed by atoms with van der Waals surface area (Å²) in [5, 5.41) is 0. The number of carbonyl (C=O) groups excluding carboxylic acids is 1. The van der Waals surface area contributed by atoms with E-state index >= 15 is 0 Å². The molecule has 1 atom stereocenters. The summed E-state index contributed by atoms with van der Waals surface area (Å²) >= 11 is 0. The molecule has 0 bridgehead atoms. The SMILES string of the molecule is NC1CN(C(=O)c2cncc(C(F)(F)F)c2)CC12CCC2. The van der Waals surface area contributed by atoms with Crippen LogP contribution in [0.5, 0.6) is 0 Å². The van der Waals surface area contributed by atoms with Crippen LogP contribution in [0.3, 0.4) is 0 Å². The van der Waals surface area contributed by atoms with Gasteiger partial charge in [0.2, 0.25) is 0 Å². The molecule has 1 saturated heterocycles. The molecule has 2 heterocycles. The number of hydrogen-bond donors (Lipinski definition) is 1. The number of carbonyl (C=O) groups is 1. The molecule has 1 aliphatic carbocycles. The normalized spacial score (nSPS) is 24.2. The van der Waals surface area contributed by atoms with Gasteiger partial charge in [-0.3, -0.25) is 9.78 Å². The third-order valence-corrected chi connectivity index (χ3v) is 4.66. The Morgan fingerprint density at radius 2 is 2.10 bits per heavy atom. The second-order valence-electron chi connectivity index (χ2n) is 5.97. The zero-order valence-electron chi connectivity index (χ0n) is 11.4. The van der Waals surface area contributed by atoms with Gasteiger partial charge in [0.25, 0.3) is 5.91 Å². The Kier molecular flexibility index (Phi) is 3.20. The highest BCUT2D eigenvalue weighted by molar-refractivity contribution is 5.94. The van der Waals surface area contributed by atoms with Gasteiger partial charge in [-0.15, -0.1) is 0 Å². The molecule has 0 aromatic carbocycles. The summed E-state index contributed by atoms with van der Waals surface area (Å²) in [6.45, 7) is 0.929. The summed E-state index contributed by atoms with van der Waals surface area (Å²) in [5.74, 6) is -0.423. The lowest BCUT2D eigenvalue weighted by atomic mass is 9.66. The van der Waals surface area contributed by atoms with Crippen LogP contribution in [-0.4, -0.2) is 34.9 Å². The van der Waals surface area contributed by atoms with E-state index < -0.39 is 17.6 Å². The lowest BCUT2D eigenvalue weighted by molar-refractivity contribution is -0.137. The number of nitrogens with two attached hydrogens (primary N) is 1. The van der Waals surface area contributed by atoms with Crippen molar-refractivity contribution in [3.8, 4) is 0 Å². The number of halogens is 3. The highest BCUT2D eigenvalue weighted by Gasteiger charge is 2.50. The summed E-state index contributed by atoms with van der Waals surface area (Å²) in [7, 11) is 0. The predicted octanol–water partition coefficient (Wildman–Crippen LogP) is 2.05. The van der Waals surface area contributed by atoms with Crippen molar-refractivity contribution in [1.82, 2.24) is 9.88 Å². The predicted molar refractivity (Wildman–Crippen MR) is 69.4 cm³/mol. The Hall–Kier alpha value is -1.63. The molecule has 1 saturated carbocycles. The number of hydrogen-bond acceptors (Lipinski definition) is 3. The molecule has 2 fully saturated rings.